The summed E-state index contributed by atoms with van der Waals surface area (Å²) >= 11 is 5.47. The van der Waals surface area contributed by atoms with Gasteiger partial charge in [0.2, 0.25) is 0 Å². The zero-order chi connectivity index (χ0) is 9.26. The first-order valence-electron chi connectivity index (χ1n) is 4.34. The van der Waals surface area contributed by atoms with Gasteiger partial charge in [-0.2, -0.15) is 0 Å². The lowest BCUT2D eigenvalue weighted by Crippen LogP contribution is -2.31. The van der Waals surface area contributed by atoms with Crippen LogP contribution in [0.2, 0.25) is 0 Å². The molecule has 0 spiro atoms. The Morgan fingerprint density at radius 1 is 1.38 bits per heavy atom. The highest BCUT2D eigenvalue weighted by Gasteiger charge is 2.19. The van der Waals surface area contributed by atoms with Crippen molar-refractivity contribution >= 4 is 22.7 Å². The summed E-state index contributed by atoms with van der Waals surface area (Å²) < 4.78 is 0. The molecular weight excluding hydrogens is 186 g/mol. The van der Waals surface area contributed by atoms with Gasteiger partial charge >= 0.3 is 5.37 Å². The number of nitrogens with zero attached hydrogens (tertiary/aromatic N) is 1. The van der Waals surface area contributed by atoms with Gasteiger partial charge in [0.05, 0.1) is 0 Å². The summed E-state index contributed by atoms with van der Waals surface area (Å²) in [5, 5.41) is -0.382. The van der Waals surface area contributed by atoms with Crippen LogP contribution in [-0.2, 0) is 6.42 Å². The monoisotopic (exact) mass is 195 g/mol. The van der Waals surface area contributed by atoms with Crippen LogP contribution in [0.3, 0.4) is 0 Å². The number of fused-ring (bicyclic) bond motifs is 1. The van der Waals surface area contributed by atoms with Crippen LogP contribution in [0.5, 0.6) is 0 Å². The van der Waals surface area contributed by atoms with E-state index in [-0.39, 0.29) is 5.37 Å². The van der Waals surface area contributed by atoms with Gasteiger partial charge < -0.3 is 0 Å². The third-order valence-electron chi connectivity index (χ3n) is 2.32. The molecule has 1 aromatic rings. The fourth-order valence-electron chi connectivity index (χ4n) is 1.72. The molecule has 0 atom stereocenters. The Balaban J connectivity index is 2.42. The summed E-state index contributed by atoms with van der Waals surface area (Å²) in [5.41, 5.74) is 2.18. The fraction of sp³-hybridized carbons (Fsp3) is 0.300. The molecule has 2 nitrogen and oxygen atoms in total. The van der Waals surface area contributed by atoms with Gasteiger partial charge in [0, 0.05) is 12.2 Å². The van der Waals surface area contributed by atoms with Gasteiger partial charge in [-0.25, -0.2) is 0 Å². The molecule has 0 aromatic heterocycles. The maximum absolute atomic E-state index is 11.1. The zero-order valence-electron chi connectivity index (χ0n) is 7.16. The van der Waals surface area contributed by atoms with Gasteiger partial charge in [-0.1, -0.05) is 18.2 Å². The first-order chi connectivity index (χ1) is 6.29. The van der Waals surface area contributed by atoms with Crippen LogP contribution in [0.15, 0.2) is 24.3 Å². The topological polar surface area (TPSA) is 20.3 Å². The quantitative estimate of drug-likeness (QED) is 0.461. The molecule has 68 valence electrons. The van der Waals surface area contributed by atoms with Gasteiger partial charge in [0.1, 0.15) is 0 Å². The zero-order valence-corrected chi connectivity index (χ0v) is 7.92. The molecular formula is C10H10ClNO. The van der Waals surface area contributed by atoms with E-state index in [4.69, 9.17) is 11.6 Å². The van der Waals surface area contributed by atoms with E-state index in [1.54, 1.807) is 4.90 Å². The van der Waals surface area contributed by atoms with E-state index in [2.05, 4.69) is 0 Å². The summed E-state index contributed by atoms with van der Waals surface area (Å²) in [6, 6.07) is 7.90. The van der Waals surface area contributed by atoms with Crippen molar-refractivity contribution in [1.29, 1.82) is 0 Å². The number of carbonyl (C=O) groups excluding carboxylic acids is 1. The van der Waals surface area contributed by atoms with Crippen LogP contribution in [0.4, 0.5) is 10.5 Å². The van der Waals surface area contributed by atoms with E-state index in [0.29, 0.717) is 0 Å². The molecule has 0 N–H and O–H groups in total. The third kappa shape index (κ3) is 1.54. The van der Waals surface area contributed by atoms with E-state index in [0.717, 1.165) is 25.1 Å². The summed E-state index contributed by atoms with van der Waals surface area (Å²) in [6.07, 6.45) is 2.03. The Bertz CT molecular complexity index is 337. The average Bonchev–Trinajstić information content (AvgIpc) is 2.17. The van der Waals surface area contributed by atoms with Gasteiger partial charge in [0.25, 0.3) is 0 Å². The molecule has 0 fully saturated rings. The molecule has 2 rings (SSSR count). The van der Waals surface area contributed by atoms with Crippen LogP contribution < -0.4 is 4.90 Å². The second-order valence-corrected chi connectivity index (χ2v) is 3.46. The Hall–Kier alpha value is -1.02. The molecule has 1 aliphatic rings. The molecule has 0 bridgehead atoms. The standard InChI is InChI=1S/C10H10ClNO/c11-10(13)12-7-3-5-8-4-1-2-6-9(8)12/h1-2,4,6H,3,5,7H2. The van der Waals surface area contributed by atoms with Gasteiger partial charge in [-0.15, -0.1) is 0 Å². The number of aryl methyl sites for hydroxylation is 1. The minimum absolute atomic E-state index is 0.382. The Kier molecular flexibility index (Phi) is 2.23. The Morgan fingerprint density at radius 2 is 2.15 bits per heavy atom. The molecule has 1 aliphatic heterocycles. The van der Waals surface area contributed by atoms with E-state index >= 15 is 0 Å². The lowest BCUT2D eigenvalue weighted by Gasteiger charge is -2.27. The van der Waals surface area contributed by atoms with Crippen molar-refractivity contribution in [3.05, 3.63) is 29.8 Å². The SMILES string of the molecule is O=C(Cl)N1CCCc2ccccc21. The maximum atomic E-state index is 11.1. The van der Waals surface area contributed by atoms with Crippen LogP contribution in [-0.4, -0.2) is 11.9 Å². The largest absolute Gasteiger partial charge is 0.320 e. The van der Waals surface area contributed by atoms with Crippen molar-refractivity contribution in [3.63, 3.8) is 0 Å². The lowest BCUT2D eigenvalue weighted by molar-refractivity contribution is 0.263. The van der Waals surface area contributed by atoms with Gasteiger partial charge in [-0.05, 0) is 36.1 Å². The minimum Gasteiger partial charge on any atom is -0.299 e. The number of hydrogen-bond acceptors (Lipinski definition) is 1. The number of amides is 1. The van der Waals surface area contributed by atoms with Crippen LogP contribution in [0, 0.1) is 0 Å². The summed E-state index contributed by atoms with van der Waals surface area (Å²) in [7, 11) is 0. The molecule has 1 aromatic carbocycles. The van der Waals surface area contributed by atoms with Crippen LogP contribution >= 0.6 is 11.6 Å². The fourth-order valence-corrected chi connectivity index (χ4v) is 1.89. The molecule has 3 heteroatoms. The van der Waals surface area contributed by atoms with Gasteiger partial charge in [0.15, 0.2) is 0 Å². The van der Waals surface area contributed by atoms with E-state index < -0.39 is 0 Å². The van der Waals surface area contributed by atoms with Crippen molar-refractivity contribution < 1.29 is 4.79 Å². The summed E-state index contributed by atoms with van der Waals surface area (Å²) in [6.45, 7) is 0.735. The molecule has 0 radical (unpaired) electrons. The molecule has 1 amide bonds. The highest BCUT2D eigenvalue weighted by atomic mass is 35.5. The Morgan fingerprint density at radius 3 is 2.92 bits per heavy atom. The van der Waals surface area contributed by atoms with Crippen LogP contribution in [0.25, 0.3) is 0 Å². The van der Waals surface area contributed by atoms with Gasteiger partial charge in [-0.3, -0.25) is 9.69 Å². The van der Waals surface area contributed by atoms with E-state index in [1.165, 1.54) is 5.56 Å². The van der Waals surface area contributed by atoms with E-state index in [1.807, 2.05) is 24.3 Å². The van der Waals surface area contributed by atoms with E-state index in [9.17, 15) is 4.79 Å². The number of anilines is 1. The smallest absolute Gasteiger partial charge is 0.299 e. The number of para-hydroxylation sites is 1. The molecule has 0 unspecified atom stereocenters. The van der Waals surface area contributed by atoms with Crippen molar-refractivity contribution in [2.45, 2.75) is 12.8 Å². The molecule has 0 aliphatic carbocycles. The highest BCUT2D eigenvalue weighted by molar-refractivity contribution is 6.66. The first-order valence-corrected chi connectivity index (χ1v) is 4.72. The predicted octanol–water partition coefficient (Wildman–Crippen LogP) is 2.80. The second kappa shape index (κ2) is 3.38. The Labute approximate surface area is 82.1 Å². The maximum Gasteiger partial charge on any atom is 0.320 e. The summed E-state index contributed by atoms with van der Waals surface area (Å²) in [4.78, 5) is 12.7. The first kappa shape index (κ1) is 8.57. The number of carbonyl (C=O) groups is 1. The summed E-state index contributed by atoms with van der Waals surface area (Å²) in [5.74, 6) is 0. The second-order valence-electron chi connectivity index (χ2n) is 3.14. The number of hydrogen-bond donors (Lipinski definition) is 0. The molecule has 0 saturated carbocycles. The third-order valence-corrected chi connectivity index (χ3v) is 2.53. The lowest BCUT2D eigenvalue weighted by atomic mass is 10.0. The van der Waals surface area contributed by atoms with Crippen LogP contribution in [0.1, 0.15) is 12.0 Å². The van der Waals surface area contributed by atoms with Crippen molar-refractivity contribution in [1.82, 2.24) is 0 Å². The number of rotatable bonds is 0. The highest BCUT2D eigenvalue weighted by Crippen LogP contribution is 2.27. The van der Waals surface area contributed by atoms with Crippen molar-refractivity contribution in [2.75, 3.05) is 11.4 Å². The minimum atomic E-state index is -0.382. The number of halogens is 1. The molecule has 13 heavy (non-hydrogen) atoms. The molecule has 1 heterocycles. The number of benzene rings is 1. The van der Waals surface area contributed by atoms with Crippen molar-refractivity contribution in [3.8, 4) is 0 Å². The average molecular weight is 196 g/mol. The normalized spacial score (nSPS) is 15.3. The molecule has 0 saturated heterocycles. The van der Waals surface area contributed by atoms with Crippen molar-refractivity contribution in [2.24, 2.45) is 0 Å². The predicted molar refractivity (Wildman–Crippen MR) is 53.4 cm³/mol.